The first-order chi connectivity index (χ1) is 15.7. The molecule has 1 fully saturated rings. The smallest absolute Gasteiger partial charge is 0.350 e. The molecule has 0 saturated carbocycles. The Morgan fingerprint density at radius 3 is 2.64 bits per heavy atom. The third kappa shape index (κ3) is 5.16. The van der Waals surface area contributed by atoms with Crippen molar-refractivity contribution in [1.29, 1.82) is 0 Å². The van der Waals surface area contributed by atoms with Gasteiger partial charge >= 0.3 is 6.18 Å². The number of likely N-dealkylation sites (tertiary alicyclic amines) is 1. The number of anilines is 1. The molecular formula is C25H25F3N4O. The molecule has 1 amide bonds. The minimum atomic E-state index is -4.54. The Bertz CT molecular complexity index is 1160. The van der Waals surface area contributed by atoms with Gasteiger partial charge in [-0.05, 0) is 61.1 Å². The van der Waals surface area contributed by atoms with Gasteiger partial charge in [0.05, 0.1) is 0 Å². The Hall–Kier alpha value is -3.42. The molecule has 5 nitrogen and oxygen atoms in total. The predicted molar refractivity (Wildman–Crippen MR) is 121 cm³/mol. The fraction of sp³-hybridized carbons (Fsp3) is 0.320. The number of rotatable bonds is 4. The molecule has 0 bridgehead atoms. The van der Waals surface area contributed by atoms with E-state index in [1.807, 2.05) is 50.2 Å². The van der Waals surface area contributed by atoms with E-state index in [0.717, 1.165) is 35.4 Å². The monoisotopic (exact) mass is 454 g/mol. The Labute approximate surface area is 190 Å². The maximum absolute atomic E-state index is 13.4. The van der Waals surface area contributed by atoms with Crippen molar-refractivity contribution in [3.63, 3.8) is 0 Å². The Balaban J connectivity index is 1.53. The van der Waals surface area contributed by atoms with Crippen LogP contribution in [0.3, 0.4) is 0 Å². The fourth-order valence-corrected chi connectivity index (χ4v) is 4.05. The fourth-order valence-electron chi connectivity index (χ4n) is 4.05. The predicted octanol–water partition coefficient (Wildman–Crippen LogP) is 5.50. The van der Waals surface area contributed by atoms with Crippen LogP contribution in [0.5, 0.6) is 0 Å². The number of hydrogen-bond donors (Lipinski definition) is 1. The lowest BCUT2D eigenvalue weighted by Gasteiger charge is -2.33. The normalized spacial score (nSPS) is 16.5. The second kappa shape index (κ2) is 9.21. The van der Waals surface area contributed by atoms with Gasteiger partial charge in [-0.25, -0.2) is 9.97 Å². The van der Waals surface area contributed by atoms with Crippen LogP contribution in [0.25, 0.3) is 11.1 Å². The van der Waals surface area contributed by atoms with Gasteiger partial charge in [-0.3, -0.25) is 4.79 Å². The maximum atomic E-state index is 13.4. The van der Waals surface area contributed by atoms with Gasteiger partial charge in [0.15, 0.2) is 0 Å². The van der Waals surface area contributed by atoms with Crippen LogP contribution in [-0.4, -0.2) is 39.9 Å². The summed E-state index contributed by atoms with van der Waals surface area (Å²) in [6, 6.07) is 14.2. The van der Waals surface area contributed by atoms with E-state index in [0.29, 0.717) is 25.1 Å². The molecule has 33 heavy (non-hydrogen) atoms. The molecule has 0 aliphatic carbocycles. The van der Waals surface area contributed by atoms with Crippen LogP contribution >= 0.6 is 0 Å². The van der Waals surface area contributed by atoms with Gasteiger partial charge in [0.25, 0.3) is 5.91 Å². The quantitative estimate of drug-likeness (QED) is 0.566. The first-order valence-electron chi connectivity index (χ1n) is 10.8. The van der Waals surface area contributed by atoms with Crippen LogP contribution in [0.2, 0.25) is 0 Å². The third-order valence-electron chi connectivity index (χ3n) is 5.96. The third-order valence-corrected chi connectivity index (χ3v) is 5.96. The van der Waals surface area contributed by atoms with Crippen LogP contribution in [-0.2, 0) is 6.18 Å². The van der Waals surface area contributed by atoms with Gasteiger partial charge in [0.2, 0.25) is 5.95 Å². The van der Waals surface area contributed by atoms with Crippen LogP contribution in [0.1, 0.15) is 40.0 Å². The summed E-state index contributed by atoms with van der Waals surface area (Å²) in [6.45, 7) is 5.03. The maximum Gasteiger partial charge on any atom is 0.433 e. The highest BCUT2D eigenvalue weighted by molar-refractivity contribution is 6.01. The van der Waals surface area contributed by atoms with Gasteiger partial charge in [-0.1, -0.05) is 36.4 Å². The molecule has 1 aromatic heterocycles. The molecule has 8 heteroatoms. The highest BCUT2D eigenvalue weighted by Crippen LogP contribution is 2.29. The number of piperidine rings is 1. The molecule has 0 radical (unpaired) electrons. The number of amides is 1. The van der Waals surface area contributed by atoms with Crippen molar-refractivity contribution in [2.24, 2.45) is 0 Å². The standard InChI is InChI=1S/C25H25F3N4O/c1-16-9-10-18(14-17(16)2)20-7-3-4-8-21(20)23(33)32-13-5-6-19(15-32)30-24-29-12-11-22(31-24)25(26,27)28/h3-4,7-12,14,19H,5-6,13,15H2,1-2H3,(H,29,30,31)/t19-/m1/s1. The molecule has 1 aliphatic heterocycles. The molecule has 1 aliphatic rings. The average Bonchev–Trinajstić information content (AvgIpc) is 2.80. The minimum Gasteiger partial charge on any atom is -0.350 e. The topological polar surface area (TPSA) is 58.1 Å². The van der Waals surface area contributed by atoms with Gasteiger partial charge in [0.1, 0.15) is 5.69 Å². The lowest BCUT2D eigenvalue weighted by Crippen LogP contribution is -2.45. The summed E-state index contributed by atoms with van der Waals surface area (Å²) in [6.07, 6.45) is -2.01. The molecule has 2 aromatic carbocycles. The zero-order valence-electron chi connectivity index (χ0n) is 18.5. The summed E-state index contributed by atoms with van der Waals surface area (Å²) in [5.74, 6) is -0.181. The number of carbonyl (C=O) groups is 1. The molecular weight excluding hydrogens is 429 g/mol. The second-order valence-corrected chi connectivity index (χ2v) is 8.34. The first-order valence-corrected chi connectivity index (χ1v) is 10.8. The van der Waals surface area contributed by atoms with Gasteiger partial charge in [0, 0.05) is 30.9 Å². The van der Waals surface area contributed by atoms with Crippen molar-refractivity contribution in [3.8, 4) is 11.1 Å². The molecule has 0 spiro atoms. The van der Waals surface area contributed by atoms with E-state index < -0.39 is 11.9 Å². The van der Waals surface area contributed by atoms with E-state index >= 15 is 0 Å². The summed E-state index contributed by atoms with van der Waals surface area (Å²) in [7, 11) is 0. The number of nitrogens with one attached hydrogen (secondary N) is 1. The SMILES string of the molecule is Cc1ccc(-c2ccccc2C(=O)N2CCC[C@@H](Nc3nccc(C(F)(F)F)n3)C2)cc1C. The van der Waals surface area contributed by atoms with Crippen molar-refractivity contribution in [2.75, 3.05) is 18.4 Å². The van der Waals surface area contributed by atoms with Crippen molar-refractivity contribution in [3.05, 3.63) is 77.1 Å². The second-order valence-electron chi connectivity index (χ2n) is 8.34. The number of nitrogens with zero attached hydrogens (tertiary/aromatic N) is 3. The van der Waals surface area contributed by atoms with Crippen LogP contribution in [0, 0.1) is 13.8 Å². The number of carbonyl (C=O) groups excluding carboxylic acids is 1. The number of hydrogen-bond acceptors (Lipinski definition) is 4. The Morgan fingerprint density at radius 1 is 1.09 bits per heavy atom. The molecule has 3 aromatic rings. The van der Waals surface area contributed by atoms with E-state index in [2.05, 4.69) is 21.4 Å². The summed E-state index contributed by atoms with van der Waals surface area (Å²) in [4.78, 5) is 22.7. The molecule has 2 heterocycles. The number of halogens is 3. The number of aryl methyl sites for hydroxylation is 2. The summed E-state index contributed by atoms with van der Waals surface area (Å²) in [5, 5.41) is 2.97. The average molecular weight is 454 g/mol. The summed E-state index contributed by atoms with van der Waals surface area (Å²) >= 11 is 0. The van der Waals surface area contributed by atoms with Crippen molar-refractivity contribution >= 4 is 11.9 Å². The van der Waals surface area contributed by atoms with Crippen LogP contribution in [0.4, 0.5) is 19.1 Å². The van der Waals surface area contributed by atoms with Gasteiger partial charge < -0.3 is 10.2 Å². The number of benzene rings is 2. The Morgan fingerprint density at radius 2 is 1.88 bits per heavy atom. The van der Waals surface area contributed by atoms with E-state index in [1.54, 1.807) is 4.90 Å². The summed E-state index contributed by atoms with van der Waals surface area (Å²) < 4.78 is 38.9. The van der Waals surface area contributed by atoms with E-state index in [9.17, 15) is 18.0 Å². The molecule has 0 unspecified atom stereocenters. The van der Waals surface area contributed by atoms with Gasteiger partial charge in [-0.15, -0.1) is 0 Å². The zero-order valence-corrected chi connectivity index (χ0v) is 18.5. The lowest BCUT2D eigenvalue weighted by molar-refractivity contribution is -0.141. The molecule has 1 N–H and O–H groups in total. The molecule has 4 rings (SSSR count). The van der Waals surface area contributed by atoms with Crippen molar-refractivity contribution in [1.82, 2.24) is 14.9 Å². The van der Waals surface area contributed by atoms with Crippen molar-refractivity contribution in [2.45, 2.75) is 38.9 Å². The molecule has 1 atom stereocenters. The first kappa shape index (κ1) is 22.8. The largest absolute Gasteiger partial charge is 0.433 e. The van der Waals surface area contributed by atoms with E-state index in [-0.39, 0.29) is 17.9 Å². The minimum absolute atomic E-state index is 0.0837. The Kier molecular flexibility index (Phi) is 6.35. The molecule has 172 valence electrons. The van der Waals surface area contributed by atoms with E-state index in [4.69, 9.17) is 0 Å². The summed E-state index contributed by atoms with van der Waals surface area (Å²) in [5.41, 5.74) is 3.79. The molecule has 1 saturated heterocycles. The zero-order chi connectivity index (χ0) is 23.6. The highest BCUT2D eigenvalue weighted by Gasteiger charge is 2.33. The highest BCUT2D eigenvalue weighted by atomic mass is 19.4. The number of aromatic nitrogens is 2. The van der Waals surface area contributed by atoms with Gasteiger partial charge in [-0.2, -0.15) is 13.2 Å². The van der Waals surface area contributed by atoms with E-state index in [1.165, 1.54) is 5.56 Å². The van der Waals surface area contributed by atoms with Crippen molar-refractivity contribution < 1.29 is 18.0 Å². The lowest BCUT2D eigenvalue weighted by atomic mass is 9.95. The van der Waals surface area contributed by atoms with Crippen LogP contribution in [0.15, 0.2) is 54.7 Å². The van der Waals surface area contributed by atoms with Crippen LogP contribution < -0.4 is 5.32 Å². The number of alkyl halides is 3.